The predicted octanol–water partition coefficient (Wildman–Crippen LogP) is 4.76. The van der Waals surface area contributed by atoms with Gasteiger partial charge in [-0.1, -0.05) is 58.0 Å². The van der Waals surface area contributed by atoms with Crippen LogP contribution in [0.1, 0.15) is 9.67 Å². The molecule has 0 unspecified atom stereocenters. The van der Waals surface area contributed by atoms with Crippen molar-refractivity contribution in [1.29, 1.82) is 0 Å². The van der Waals surface area contributed by atoms with Crippen molar-refractivity contribution in [3.63, 3.8) is 0 Å². The molecule has 0 spiro atoms. The molecular weight excluding hydrogens is 341 g/mol. The Hall–Kier alpha value is -1.95. The number of rotatable bonds is 3. The molecule has 0 radical (unpaired) electrons. The van der Waals surface area contributed by atoms with Gasteiger partial charge in [0.15, 0.2) is 0 Å². The van der Waals surface area contributed by atoms with Crippen molar-refractivity contribution in [3.05, 3.63) is 63.5 Å². The van der Waals surface area contributed by atoms with E-state index in [0.29, 0.717) is 26.3 Å². The summed E-state index contributed by atoms with van der Waals surface area (Å²) >= 11 is 12.9. The van der Waals surface area contributed by atoms with Crippen LogP contribution in [0, 0.1) is 0 Å². The third-order valence-corrected chi connectivity index (χ3v) is 4.38. The van der Waals surface area contributed by atoms with E-state index in [9.17, 15) is 4.79 Å². The number of anilines is 1. The number of nitrogens with one attached hydrogen (secondary N) is 1. The van der Waals surface area contributed by atoms with Gasteiger partial charge in [-0.25, -0.2) is 0 Å². The molecule has 0 saturated heterocycles. The van der Waals surface area contributed by atoms with Crippen molar-refractivity contribution in [3.8, 4) is 11.3 Å². The van der Waals surface area contributed by atoms with Gasteiger partial charge in [0.05, 0.1) is 10.0 Å². The molecule has 22 heavy (non-hydrogen) atoms. The summed E-state index contributed by atoms with van der Waals surface area (Å²) in [4.78, 5) is 12.9. The van der Waals surface area contributed by atoms with Crippen LogP contribution in [-0.4, -0.2) is 15.5 Å². The summed E-state index contributed by atoms with van der Waals surface area (Å²) in [5, 5.41) is 7.63. The Balaban J connectivity index is 1.87. The fraction of sp³-hybridized carbons (Fsp3) is 0. The number of amides is 1. The molecule has 0 aliphatic rings. The van der Waals surface area contributed by atoms with Crippen molar-refractivity contribution in [1.82, 2.24) is 9.59 Å². The van der Waals surface area contributed by atoms with E-state index in [2.05, 4.69) is 14.9 Å². The summed E-state index contributed by atoms with van der Waals surface area (Å²) in [5.41, 5.74) is 1.96. The molecule has 0 atom stereocenters. The average Bonchev–Trinajstić information content (AvgIpc) is 3.01. The lowest BCUT2D eigenvalue weighted by molar-refractivity contribution is 0.103. The van der Waals surface area contributed by atoms with Crippen molar-refractivity contribution >= 4 is 46.3 Å². The third-order valence-electron chi connectivity index (χ3n) is 2.92. The fourth-order valence-corrected chi connectivity index (χ4v) is 2.77. The van der Waals surface area contributed by atoms with Gasteiger partial charge in [0.2, 0.25) is 0 Å². The van der Waals surface area contributed by atoms with E-state index in [1.807, 2.05) is 30.3 Å². The van der Waals surface area contributed by atoms with Gasteiger partial charge in [-0.15, -0.1) is 5.10 Å². The van der Waals surface area contributed by atoms with Gasteiger partial charge < -0.3 is 5.32 Å². The van der Waals surface area contributed by atoms with Gasteiger partial charge in [-0.05, 0) is 29.7 Å². The SMILES string of the molecule is O=C(Nc1ccc(Cl)c(Cl)c1)c1snnc1-c1ccccc1. The number of hydrogen-bond acceptors (Lipinski definition) is 4. The first-order chi connectivity index (χ1) is 10.6. The van der Waals surface area contributed by atoms with Gasteiger partial charge >= 0.3 is 0 Å². The van der Waals surface area contributed by atoms with E-state index in [1.165, 1.54) is 0 Å². The van der Waals surface area contributed by atoms with E-state index in [-0.39, 0.29) is 5.91 Å². The monoisotopic (exact) mass is 349 g/mol. The standard InChI is InChI=1S/C15H9Cl2N3OS/c16-11-7-6-10(8-12(11)17)18-15(21)14-13(19-20-22-14)9-4-2-1-3-5-9/h1-8H,(H,18,21). The van der Waals surface area contributed by atoms with Crippen LogP contribution < -0.4 is 5.32 Å². The molecule has 0 fully saturated rings. The third kappa shape index (κ3) is 3.11. The minimum absolute atomic E-state index is 0.285. The van der Waals surface area contributed by atoms with E-state index in [1.54, 1.807) is 18.2 Å². The van der Waals surface area contributed by atoms with Crippen LogP contribution >= 0.6 is 34.7 Å². The Kier molecular flexibility index (Phi) is 4.38. The molecule has 1 aromatic heterocycles. The van der Waals surface area contributed by atoms with Crippen LogP contribution in [0.15, 0.2) is 48.5 Å². The first-order valence-corrected chi connectivity index (χ1v) is 7.82. The molecule has 0 aliphatic heterocycles. The molecule has 0 aliphatic carbocycles. The fourth-order valence-electron chi connectivity index (χ4n) is 1.89. The minimum atomic E-state index is -0.285. The number of aromatic nitrogens is 2. The second-order valence-corrected chi connectivity index (χ2v) is 5.97. The average molecular weight is 350 g/mol. The molecule has 110 valence electrons. The number of hydrogen-bond donors (Lipinski definition) is 1. The van der Waals surface area contributed by atoms with Gasteiger partial charge in [0, 0.05) is 11.3 Å². The summed E-state index contributed by atoms with van der Waals surface area (Å²) in [6, 6.07) is 14.3. The summed E-state index contributed by atoms with van der Waals surface area (Å²) < 4.78 is 3.88. The van der Waals surface area contributed by atoms with E-state index in [0.717, 1.165) is 17.1 Å². The highest BCUT2D eigenvalue weighted by molar-refractivity contribution is 7.08. The number of benzene rings is 2. The van der Waals surface area contributed by atoms with Gasteiger partial charge in [-0.2, -0.15) is 0 Å². The molecule has 2 aromatic carbocycles. The summed E-state index contributed by atoms with van der Waals surface area (Å²) in [6.45, 7) is 0. The molecule has 3 rings (SSSR count). The zero-order valence-electron chi connectivity index (χ0n) is 11.1. The number of carbonyl (C=O) groups is 1. The lowest BCUT2D eigenvalue weighted by atomic mass is 10.1. The molecular formula is C15H9Cl2N3OS. The second-order valence-electron chi connectivity index (χ2n) is 4.40. The maximum absolute atomic E-state index is 12.4. The Morgan fingerprint density at radius 1 is 1.05 bits per heavy atom. The maximum Gasteiger partial charge on any atom is 0.269 e. The zero-order valence-corrected chi connectivity index (χ0v) is 13.4. The summed E-state index contributed by atoms with van der Waals surface area (Å²) in [5.74, 6) is -0.285. The van der Waals surface area contributed by atoms with E-state index < -0.39 is 0 Å². The number of nitrogens with zero attached hydrogens (tertiary/aromatic N) is 2. The van der Waals surface area contributed by atoms with Gasteiger partial charge in [0.25, 0.3) is 5.91 Å². The molecule has 0 bridgehead atoms. The van der Waals surface area contributed by atoms with Crippen molar-refractivity contribution in [2.75, 3.05) is 5.32 Å². The molecule has 1 N–H and O–H groups in total. The molecule has 4 nitrogen and oxygen atoms in total. The lowest BCUT2D eigenvalue weighted by Crippen LogP contribution is -2.11. The zero-order chi connectivity index (χ0) is 15.5. The Morgan fingerprint density at radius 2 is 1.82 bits per heavy atom. The highest BCUT2D eigenvalue weighted by atomic mass is 35.5. The molecule has 3 aromatic rings. The van der Waals surface area contributed by atoms with Crippen LogP contribution in [0.5, 0.6) is 0 Å². The van der Waals surface area contributed by atoms with Crippen molar-refractivity contribution in [2.24, 2.45) is 0 Å². The van der Waals surface area contributed by atoms with E-state index >= 15 is 0 Å². The Labute approximate surface area is 140 Å². The largest absolute Gasteiger partial charge is 0.321 e. The summed E-state index contributed by atoms with van der Waals surface area (Å²) in [6.07, 6.45) is 0. The van der Waals surface area contributed by atoms with Crippen molar-refractivity contribution < 1.29 is 4.79 Å². The highest BCUT2D eigenvalue weighted by Gasteiger charge is 2.18. The smallest absolute Gasteiger partial charge is 0.269 e. The maximum atomic E-state index is 12.4. The van der Waals surface area contributed by atoms with Crippen LogP contribution in [0.25, 0.3) is 11.3 Å². The predicted molar refractivity (Wildman–Crippen MR) is 89.8 cm³/mol. The molecule has 1 amide bonds. The first kappa shape index (κ1) is 15.0. The van der Waals surface area contributed by atoms with E-state index in [4.69, 9.17) is 23.2 Å². The van der Waals surface area contributed by atoms with Gasteiger partial charge in [-0.3, -0.25) is 4.79 Å². The molecule has 1 heterocycles. The molecule has 0 saturated carbocycles. The highest BCUT2D eigenvalue weighted by Crippen LogP contribution is 2.27. The summed E-state index contributed by atoms with van der Waals surface area (Å²) in [7, 11) is 0. The Morgan fingerprint density at radius 3 is 2.55 bits per heavy atom. The normalized spacial score (nSPS) is 10.5. The Bertz CT molecular complexity index is 821. The number of halogens is 2. The minimum Gasteiger partial charge on any atom is -0.321 e. The van der Waals surface area contributed by atoms with Crippen LogP contribution in [0.4, 0.5) is 5.69 Å². The lowest BCUT2D eigenvalue weighted by Gasteiger charge is -2.06. The van der Waals surface area contributed by atoms with Crippen molar-refractivity contribution in [2.45, 2.75) is 0 Å². The number of carbonyl (C=O) groups excluding carboxylic acids is 1. The van der Waals surface area contributed by atoms with Gasteiger partial charge in [0.1, 0.15) is 10.6 Å². The van der Waals surface area contributed by atoms with Crippen LogP contribution in [0.3, 0.4) is 0 Å². The quantitative estimate of drug-likeness (QED) is 0.741. The second kappa shape index (κ2) is 6.44. The topological polar surface area (TPSA) is 54.9 Å². The van der Waals surface area contributed by atoms with Crippen LogP contribution in [0.2, 0.25) is 10.0 Å². The van der Waals surface area contributed by atoms with Crippen LogP contribution in [-0.2, 0) is 0 Å². The molecule has 7 heteroatoms. The first-order valence-electron chi connectivity index (χ1n) is 6.29.